The molecule has 0 aliphatic carbocycles. The molecule has 1 amide bonds. The minimum Gasteiger partial charge on any atom is -0.507 e. The molecule has 3 rings (SSSR count). The highest BCUT2D eigenvalue weighted by Crippen LogP contribution is 2.24. The van der Waals surface area contributed by atoms with Gasteiger partial charge in [0.25, 0.3) is 5.91 Å². The fourth-order valence-electron chi connectivity index (χ4n) is 2.65. The maximum Gasteiger partial charge on any atom is 0.336 e. The molecular formula is C20H16N2O4. The fourth-order valence-corrected chi connectivity index (χ4v) is 2.65. The molecule has 3 aromatic rings. The molecule has 0 atom stereocenters. The van der Waals surface area contributed by atoms with Crippen LogP contribution in [0.15, 0.2) is 65.8 Å². The zero-order valence-corrected chi connectivity index (χ0v) is 13.9. The van der Waals surface area contributed by atoms with Crippen molar-refractivity contribution in [2.24, 2.45) is 5.10 Å². The van der Waals surface area contributed by atoms with Crippen molar-refractivity contribution in [3.05, 3.63) is 77.4 Å². The van der Waals surface area contributed by atoms with E-state index in [0.717, 1.165) is 10.8 Å². The third kappa shape index (κ3) is 3.39. The predicted molar refractivity (Wildman–Crippen MR) is 98.7 cm³/mol. The van der Waals surface area contributed by atoms with Crippen molar-refractivity contribution >= 4 is 28.4 Å². The molecular weight excluding hydrogens is 332 g/mol. The van der Waals surface area contributed by atoms with Crippen LogP contribution in [-0.4, -0.2) is 27.8 Å². The highest BCUT2D eigenvalue weighted by Gasteiger charge is 2.14. The molecule has 0 saturated heterocycles. The summed E-state index contributed by atoms with van der Waals surface area (Å²) in [7, 11) is 0. The molecule has 0 aromatic heterocycles. The van der Waals surface area contributed by atoms with Crippen LogP contribution in [0.5, 0.6) is 5.75 Å². The van der Waals surface area contributed by atoms with Crippen molar-refractivity contribution in [2.75, 3.05) is 0 Å². The van der Waals surface area contributed by atoms with E-state index in [1.165, 1.54) is 12.1 Å². The number of aromatic hydroxyl groups is 1. The van der Waals surface area contributed by atoms with Crippen molar-refractivity contribution in [2.45, 2.75) is 6.92 Å². The van der Waals surface area contributed by atoms with Crippen LogP contribution in [0.1, 0.15) is 33.2 Å². The summed E-state index contributed by atoms with van der Waals surface area (Å²) in [6, 6.07) is 16.8. The fraction of sp³-hybridized carbons (Fsp3) is 0.0500. The number of carboxylic acid groups (broad SMARTS) is 1. The molecule has 0 saturated carbocycles. The zero-order chi connectivity index (χ0) is 18.7. The Morgan fingerprint density at radius 2 is 1.46 bits per heavy atom. The number of phenolic OH excluding ortho intramolecular Hbond substituents is 1. The second kappa shape index (κ2) is 7.06. The number of carbonyl (C=O) groups excluding carboxylic acids is 1. The van der Waals surface area contributed by atoms with E-state index in [0.29, 0.717) is 11.3 Å². The second-order valence-electron chi connectivity index (χ2n) is 5.71. The zero-order valence-electron chi connectivity index (χ0n) is 13.9. The van der Waals surface area contributed by atoms with Crippen LogP contribution in [0.4, 0.5) is 0 Å². The standard InChI is InChI=1S/C20H16N2O4/c1-12(15-8-4-5-9-16(15)20(25)26)21-22-19(24)17-10-13-6-2-3-7-14(13)11-18(17)23/h2-11,23H,1H3,(H,22,24)(H,25,26)/b21-12+. The van der Waals surface area contributed by atoms with E-state index in [-0.39, 0.29) is 16.9 Å². The Hall–Kier alpha value is -3.67. The van der Waals surface area contributed by atoms with Crippen molar-refractivity contribution in [1.29, 1.82) is 0 Å². The minimum atomic E-state index is -1.08. The number of fused-ring (bicyclic) bond motifs is 1. The largest absolute Gasteiger partial charge is 0.507 e. The molecule has 3 N–H and O–H groups in total. The van der Waals surface area contributed by atoms with Crippen LogP contribution in [0.3, 0.4) is 0 Å². The molecule has 0 spiro atoms. The molecule has 0 bridgehead atoms. The van der Waals surface area contributed by atoms with Gasteiger partial charge in [0.2, 0.25) is 0 Å². The predicted octanol–water partition coefficient (Wildman–Crippen LogP) is 3.40. The average Bonchev–Trinajstić information content (AvgIpc) is 2.65. The normalized spacial score (nSPS) is 11.3. The first-order valence-corrected chi connectivity index (χ1v) is 7.86. The van der Waals surface area contributed by atoms with E-state index in [9.17, 15) is 19.8 Å². The molecule has 0 aliphatic rings. The molecule has 0 heterocycles. The summed E-state index contributed by atoms with van der Waals surface area (Å²) < 4.78 is 0. The maximum absolute atomic E-state index is 12.4. The Morgan fingerprint density at radius 1 is 0.885 bits per heavy atom. The van der Waals surface area contributed by atoms with E-state index in [2.05, 4.69) is 10.5 Å². The summed E-state index contributed by atoms with van der Waals surface area (Å²) in [5.41, 5.74) is 3.30. The molecule has 6 heteroatoms. The van der Waals surface area contributed by atoms with E-state index >= 15 is 0 Å². The molecule has 6 nitrogen and oxygen atoms in total. The number of nitrogens with one attached hydrogen (secondary N) is 1. The van der Waals surface area contributed by atoms with Crippen LogP contribution < -0.4 is 5.43 Å². The van der Waals surface area contributed by atoms with Gasteiger partial charge >= 0.3 is 5.97 Å². The molecule has 130 valence electrons. The summed E-state index contributed by atoms with van der Waals surface area (Å²) in [5.74, 6) is -1.81. The molecule has 0 aliphatic heterocycles. The Balaban J connectivity index is 1.88. The van der Waals surface area contributed by atoms with E-state index in [4.69, 9.17) is 0 Å². The number of hydrazone groups is 1. The highest BCUT2D eigenvalue weighted by molar-refractivity contribution is 6.08. The lowest BCUT2D eigenvalue weighted by atomic mass is 10.0. The Labute approximate surface area is 149 Å². The van der Waals surface area contributed by atoms with Gasteiger partial charge in [-0.25, -0.2) is 10.2 Å². The van der Waals surface area contributed by atoms with Gasteiger partial charge in [0.1, 0.15) is 5.75 Å². The van der Waals surface area contributed by atoms with Gasteiger partial charge in [0.15, 0.2) is 0 Å². The Morgan fingerprint density at radius 3 is 2.12 bits per heavy atom. The molecule has 3 aromatic carbocycles. The molecule has 0 unspecified atom stereocenters. The van der Waals surface area contributed by atoms with Crippen LogP contribution >= 0.6 is 0 Å². The smallest absolute Gasteiger partial charge is 0.336 e. The quantitative estimate of drug-likeness (QED) is 0.497. The lowest BCUT2D eigenvalue weighted by molar-refractivity contribution is 0.0696. The van der Waals surface area contributed by atoms with Gasteiger partial charge in [-0.15, -0.1) is 0 Å². The number of carbonyl (C=O) groups is 2. The molecule has 26 heavy (non-hydrogen) atoms. The van der Waals surface area contributed by atoms with Crippen LogP contribution in [0.2, 0.25) is 0 Å². The SMILES string of the molecule is C/C(=N\NC(=O)c1cc2ccccc2cc1O)c1ccccc1C(=O)O. The van der Waals surface area contributed by atoms with Gasteiger partial charge in [-0.1, -0.05) is 42.5 Å². The second-order valence-corrected chi connectivity index (χ2v) is 5.71. The number of phenols is 1. The lowest BCUT2D eigenvalue weighted by Gasteiger charge is -2.08. The van der Waals surface area contributed by atoms with Crippen molar-refractivity contribution < 1.29 is 19.8 Å². The summed E-state index contributed by atoms with van der Waals surface area (Å²) in [5, 5.41) is 24.9. The van der Waals surface area contributed by atoms with E-state index in [1.807, 2.05) is 24.3 Å². The van der Waals surface area contributed by atoms with Crippen molar-refractivity contribution in [3.63, 3.8) is 0 Å². The first-order valence-electron chi connectivity index (χ1n) is 7.86. The monoisotopic (exact) mass is 348 g/mol. The Bertz CT molecular complexity index is 1040. The maximum atomic E-state index is 12.4. The third-order valence-corrected chi connectivity index (χ3v) is 3.98. The highest BCUT2D eigenvalue weighted by atomic mass is 16.4. The van der Waals surface area contributed by atoms with E-state index in [1.54, 1.807) is 31.2 Å². The van der Waals surface area contributed by atoms with Gasteiger partial charge in [0.05, 0.1) is 16.8 Å². The first-order chi connectivity index (χ1) is 12.5. The van der Waals surface area contributed by atoms with Crippen molar-refractivity contribution in [1.82, 2.24) is 5.43 Å². The topological polar surface area (TPSA) is 99.0 Å². The Kier molecular flexibility index (Phi) is 4.66. The third-order valence-electron chi connectivity index (χ3n) is 3.98. The number of amides is 1. The van der Waals surface area contributed by atoms with Crippen LogP contribution in [0.25, 0.3) is 10.8 Å². The molecule has 0 fully saturated rings. The van der Waals surface area contributed by atoms with Crippen LogP contribution in [-0.2, 0) is 0 Å². The number of nitrogens with zero attached hydrogens (tertiary/aromatic N) is 1. The van der Waals surface area contributed by atoms with Crippen molar-refractivity contribution in [3.8, 4) is 5.75 Å². The summed E-state index contributed by atoms with van der Waals surface area (Å²) in [6.07, 6.45) is 0. The van der Waals surface area contributed by atoms with E-state index < -0.39 is 11.9 Å². The van der Waals surface area contributed by atoms with Crippen LogP contribution in [0, 0.1) is 0 Å². The van der Waals surface area contributed by atoms with Gasteiger partial charge < -0.3 is 10.2 Å². The number of hydrogen-bond acceptors (Lipinski definition) is 4. The minimum absolute atomic E-state index is 0.0896. The number of rotatable bonds is 4. The van der Waals surface area contributed by atoms with Gasteiger partial charge in [-0.3, -0.25) is 4.79 Å². The number of benzene rings is 3. The van der Waals surface area contributed by atoms with Gasteiger partial charge in [-0.05, 0) is 35.9 Å². The average molecular weight is 348 g/mol. The van der Waals surface area contributed by atoms with Gasteiger partial charge in [-0.2, -0.15) is 5.10 Å². The number of aromatic carboxylic acids is 1. The first kappa shape index (κ1) is 17.2. The number of hydrogen-bond donors (Lipinski definition) is 3. The lowest BCUT2D eigenvalue weighted by Crippen LogP contribution is -2.20. The van der Waals surface area contributed by atoms with Gasteiger partial charge in [0, 0.05) is 5.56 Å². The summed E-state index contributed by atoms with van der Waals surface area (Å²) >= 11 is 0. The molecule has 0 radical (unpaired) electrons. The summed E-state index contributed by atoms with van der Waals surface area (Å²) in [4.78, 5) is 23.6. The summed E-state index contributed by atoms with van der Waals surface area (Å²) in [6.45, 7) is 1.60. The number of carboxylic acids is 1.